The van der Waals surface area contributed by atoms with E-state index in [1.54, 1.807) is 12.3 Å². The molecule has 0 aliphatic rings. The number of hydrogen-bond acceptors (Lipinski definition) is 3. The Hall–Kier alpha value is -0.850. The van der Waals surface area contributed by atoms with Crippen LogP contribution in [0.25, 0.3) is 0 Å². The molecule has 0 aromatic carbocycles. The van der Waals surface area contributed by atoms with Crippen LogP contribution in [0.1, 0.15) is 46.2 Å². The predicted molar refractivity (Wildman–Crippen MR) is 86.7 cm³/mol. The van der Waals surface area contributed by atoms with Gasteiger partial charge in [0.1, 0.15) is 0 Å². The molecular weight excluding hydrogens is 286 g/mol. The van der Waals surface area contributed by atoms with Crippen molar-refractivity contribution in [1.29, 1.82) is 0 Å². The van der Waals surface area contributed by atoms with Crippen molar-refractivity contribution in [2.75, 3.05) is 13.1 Å². The van der Waals surface area contributed by atoms with E-state index in [9.17, 15) is 8.42 Å². The van der Waals surface area contributed by atoms with E-state index >= 15 is 0 Å². The summed E-state index contributed by atoms with van der Waals surface area (Å²) in [5.74, 6) is 0.295. The number of sulfonamides is 1. The highest BCUT2D eigenvalue weighted by molar-refractivity contribution is 7.89. The quantitative estimate of drug-likeness (QED) is 0.651. The van der Waals surface area contributed by atoms with Gasteiger partial charge in [-0.3, -0.25) is 0 Å². The van der Waals surface area contributed by atoms with Gasteiger partial charge in [0, 0.05) is 31.5 Å². The van der Waals surface area contributed by atoms with E-state index in [-0.39, 0.29) is 0 Å². The van der Waals surface area contributed by atoms with Crippen molar-refractivity contribution in [3.63, 3.8) is 0 Å². The Morgan fingerprint density at radius 1 is 1.24 bits per heavy atom. The topological polar surface area (TPSA) is 63.1 Å². The maximum atomic E-state index is 12.3. The van der Waals surface area contributed by atoms with Gasteiger partial charge in [0.25, 0.3) is 0 Å². The van der Waals surface area contributed by atoms with Gasteiger partial charge in [-0.25, -0.2) is 13.1 Å². The van der Waals surface area contributed by atoms with Gasteiger partial charge in [0.05, 0.1) is 4.90 Å². The Balaban J connectivity index is 2.89. The zero-order valence-corrected chi connectivity index (χ0v) is 14.5. The first kappa shape index (κ1) is 18.2. The van der Waals surface area contributed by atoms with Crippen LogP contribution in [0.3, 0.4) is 0 Å². The van der Waals surface area contributed by atoms with E-state index in [0.29, 0.717) is 23.9 Å². The smallest absolute Gasteiger partial charge is 0.242 e. The fourth-order valence-corrected chi connectivity index (χ4v) is 3.30. The highest BCUT2D eigenvalue weighted by Gasteiger charge is 2.18. The zero-order chi connectivity index (χ0) is 15.9. The standard InChI is InChI=1S/C15H29N3O2S/c1-5-7-16-11-14-9-15(12-18(14)8-6-2)21(19,20)17-10-13(3)4/h9,12-13,16-17H,5-8,10-11H2,1-4H3. The molecule has 122 valence electrons. The molecule has 0 bridgehead atoms. The average Bonchev–Trinajstić information content (AvgIpc) is 2.82. The molecule has 1 heterocycles. The number of rotatable bonds is 10. The van der Waals surface area contributed by atoms with Crippen LogP contribution in [-0.2, 0) is 23.1 Å². The molecule has 0 atom stereocenters. The minimum Gasteiger partial charge on any atom is -0.349 e. The number of nitrogens with zero attached hydrogens (tertiary/aromatic N) is 1. The maximum absolute atomic E-state index is 12.3. The van der Waals surface area contributed by atoms with Crippen molar-refractivity contribution in [1.82, 2.24) is 14.6 Å². The summed E-state index contributed by atoms with van der Waals surface area (Å²) in [6.45, 7) is 11.1. The van der Waals surface area contributed by atoms with Crippen molar-refractivity contribution >= 4 is 10.0 Å². The van der Waals surface area contributed by atoms with Gasteiger partial charge in [0.2, 0.25) is 10.0 Å². The van der Waals surface area contributed by atoms with Gasteiger partial charge in [-0.05, 0) is 31.4 Å². The van der Waals surface area contributed by atoms with E-state index in [1.165, 1.54) is 0 Å². The van der Waals surface area contributed by atoms with Gasteiger partial charge >= 0.3 is 0 Å². The first-order chi connectivity index (χ1) is 9.90. The second-order valence-electron chi connectivity index (χ2n) is 5.78. The molecule has 0 unspecified atom stereocenters. The van der Waals surface area contributed by atoms with Crippen LogP contribution in [-0.4, -0.2) is 26.1 Å². The van der Waals surface area contributed by atoms with E-state index in [4.69, 9.17) is 0 Å². The summed E-state index contributed by atoms with van der Waals surface area (Å²) >= 11 is 0. The SMILES string of the molecule is CCCNCc1cc(S(=O)(=O)NCC(C)C)cn1CCC. The third-order valence-electron chi connectivity index (χ3n) is 3.15. The largest absolute Gasteiger partial charge is 0.349 e. The molecular formula is C15H29N3O2S. The highest BCUT2D eigenvalue weighted by Crippen LogP contribution is 2.15. The minimum absolute atomic E-state index is 0.295. The summed E-state index contributed by atoms with van der Waals surface area (Å²) in [7, 11) is -3.40. The lowest BCUT2D eigenvalue weighted by atomic mass is 10.2. The summed E-state index contributed by atoms with van der Waals surface area (Å²) < 4.78 is 29.3. The monoisotopic (exact) mass is 315 g/mol. The number of aryl methyl sites for hydroxylation is 1. The van der Waals surface area contributed by atoms with Crippen LogP contribution < -0.4 is 10.0 Å². The van der Waals surface area contributed by atoms with Gasteiger partial charge in [-0.1, -0.05) is 27.7 Å². The van der Waals surface area contributed by atoms with Crippen LogP contribution in [0, 0.1) is 5.92 Å². The lowest BCUT2D eigenvalue weighted by Crippen LogP contribution is -2.27. The fourth-order valence-electron chi connectivity index (χ4n) is 2.02. The molecule has 0 radical (unpaired) electrons. The third kappa shape index (κ3) is 5.80. The molecule has 1 aromatic heterocycles. The summed E-state index contributed by atoms with van der Waals surface area (Å²) in [4.78, 5) is 0.366. The Labute approximate surface area is 129 Å². The fraction of sp³-hybridized carbons (Fsp3) is 0.733. The van der Waals surface area contributed by atoms with Crippen LogP contribution in [0.15, 0.2) is 17.2 Å². The lowest BCUT2D eigenvalue weighted by Gasteiger charge is -2.08. The van der Waals surface area contributed by atoms with Crippen molar-refractivity contribution in [2.24, 2.45) is 5.92 Å². The van der Waals surface area contributed by atoms with Crippen molar-refractivity contribution < 1.29 is 8.42 Å². The molecule has 5 nitrogen and oxygen atoms in total. The third-order valence-corrected chi connectivity index (χ3v) is 4.54. The first-order valence-electron chi connectivity index (χ1n) is 7.80. The zero-order valence-electron chi connectivity index (χ0n) is 13.6. The van der Waals surface area contributed by atoms with E-state index in [2.05, 4.69) is 23.9 Å². The number of hydrogen-bond donors (Lipinski definition) is 2. The first-order valence-corrected chi connectivity index (χ1v) is 9.28. The summed E-state index contributed by atoms with van der Waals surface area (Å²) in [5.41, 5.74) is 1.02. The van der Waals surface area contributed by atoms with Crippen molar-refractivity contribution in [3.8, 4) is 0 Å². The molecule has 2 N–H and O–H groups in total. The van der Waals surface area contributed by atoms with Crippen molar-refractivity contribution in [2.45, 2.75) is 58.5 Å². The van der Waals surface area contributed by atoms with Gasteiger partial charge < -0.3 is 9.88 Å². The number of nitrogens with one attached hydrogen (secondary N) is 2. The van der Waals surface area contributed by atoms with E-state index < -0.39 is 10.0 Å². The highest BCUT2D eigenvalue weighted by atomic mass is 32.2. The molecule has 0 aliphatic heterocycles. The van der Waals surface area contributed by atoms with Crippen molar-refractivity contribution in [3.05, 3.63) is 18.0 Å². The molecule has 6 heteroatoms. The van der Waals surface area contributed by atoms with Crippen LogP contribution >= 0.6 is 0 Å². The van der Waals surface area contributed by atoms with E-state index in [1.807, 2.05) is 18.4 Å². The van der Waals surface area contributed by atoms with Gasteiger partial charge in [0.15, 0.2) is 0 Å². The van der Waals surface area contributed by atoms with Gasteiger partial charge in [-0.2, -0.15) is 0 Å². The molecule has 1 aromatic rings. The average molecular weight is 315 g/mol. The Morgan fingerprint density at radius 3 is 2.52 bits per heavy atom. The summed E-state index contributed by atoms with van der Waals surface area (Å²) in [6, 6.07) is 1.78. The molecule has 1 rings (SSSR count). The lowest BCUT2D eigenvalue weighted by molar-refractivity contribution is 0.559. The van der Waals surface area contributed by atoms with E-state index in [0.717, 1.165) is 31.6 Å². The summed E-state index contributed by atoms with van der Waals surface area (Å²) in [6.07, 6.45) is 3.79. The molecule has 0 saturated carbocycles. The minimum atomic E-state index is -3.40. The maximum Gasteiger partial charge on any atom is 0.242 e. The Kier molecular flexibility index (Phi) is 7.42. The van der Waals surface area contributed by atoms with Crippen LogP contribution in [0.4, 0.5) is 0 Å². The molecule has 0 amide bonds. The second-order valence-corrected chi connectivity index (χ2v) is 7.55. The van der Waals surface area contributed by atoms with Gasteiger partial charge in [-0.15, -0.1) is 0 Å². The predicted octanol–water partition coefficient (Wildman–Crippen LogP) is 2.33. The number of aromatic nitrogens is 1. The van der Waals surface area contributed by atoms with Crippen LogP contribution in [0.5, 0.6) is 0 Å². The summed E-state index contributed by atoms with van der Waals surface area (Å²) in [5, 5.41) is 3.33. The molecule has 21 heavy (non-hydrogen) atoms. The Morgan fingerprint density at radius 2 is 1.95 bits per heavy atom. The molecule has 0 aliphatic carbocycles. The molecule has 0 saturated heterocycles. The molecule has 0 spiro atoms. The molecule has 0 fully saturated rings. The normalized spacial score (nSPS) is 12.2. The van der Waals surface area contributed by atoms with Crippen LogP contribution in [0.2, 0.25) is 0 Å². The second kappa shape index (κ2) is 8.56. The Bertz CT molecular complexity index is 521.